The number of nitrogens with one attached hydrogen (secondary N) is 1. The van der Waals surface area contributed by atoms with Crippen LogP contribution in [0.1, 0.15) is 35.9 Å². The molecule has 1 N–H and O–H groups in total. The topological polar surface area (TPSA) is 62.6 Å². The molecule has 3 rings (SSSR count). The summed E-state index contributed by atoms with van der Waals surface area (Å²) in [5.41, 5.74) is 0.726. The number of nitrogens with zero attached hydrogens (tertiary/aromatic N) is 1. The zero-order valence-electron chi connectivity index (χ0n) is 14.9. The highest BCUT2D eigenvalue weighted by Gasteiger charge is 2.41. The van der Waals surface area contributed by atoms with E-state index < -0.39 is 5.92 Å². The lowest BCUT2D eigenvalue weighted by Crippen LogP contribution is -2.37. The smallest absolute Gasteiger partial charge is 0.289 e. The summed E-state index contributed by atoms with van der Waals surface area (Å²) >= 11 is 0. The Morgan fingerprint density at radius 2 is 2.08 bits per heavy atom. The monoisotopic (exact) mass is 358 g/mol. The SMILES string of the molecule is CC(C)CNC(=O)C1CN(C(=O)c2ccco2)CC1c1cccc(F)c1. The summed E-state index contributed by atoms with van der Waals surface area (Å²) in [6.07, 6.45) is 1.44. The van der Waals surface area contributed by atoms with E-state index in [4.69, 9.17) is 4.42 Å². The van der Waals surface area contributed by atoms with Crippen LogP contribution in [0.4, 0.5) is 4.39 Å². The molecule has 5 nitrogen and oxygen atoms in total. The van der Waals surface area contributed by atoms with E-state index in [0.717, 1.165) is 5.56 Å². The highest BCUT2D eigenvalue weighted by molar-refractivity contribution is 5.92. The number of halogens is 1. The molecule has 0 spiro atoms. The quantitative estimate of drug-likeness (QED) is 0.894. The van der Waals surface area contributed by atoms with Gasteiger partial charge in [0.05, 0.1) is 12.2 Å². The molecule has 1 fully saturated rings. The molecule has 1 aromatic carbocycles. The predicted octanol–water partition coefficient (Wildman–Crippen LogP) is 3.05. The summed E-state index contributed by atoms with van der Waals surface area (Å²) in [5.74, 6) is -0.816. The first kappa shape index (κ1) is 18.2. The molecule has 2 unspecified atom stereocenters. The summed E-state index contributed by atoms with van der Waals surface area (Å²) < 4.78 is 18.9. The fourth-order valence-electron chi connectivity index (χ4n) is 3.30. The Bertz CT molecular complexity index is 773. The predicted molar refractivity (Wildman–Crippen MR) is 95.1 cm³/mol. The Labute approximate surface area is 152 Å². The third-order valence-corrected chi connectivity index (χ3v) is 4.64. The molecule has 1 saturated heterocycles. The molecule has 2 aromatic rings. The molecule has 138 valence electrons. The van der Waals surface area contributed by atoms with E-state index in [0.29, 0.717) is 19.0 Å². The second kappa shape index (κ2) is 7.72. The van der Waals surface area contributed by atoms with Crippen molar-refractivity contribution in [1.82, 2.24) is 10.2 Å². The van der Waals surface area contributed by atoms with E-state index in [1.807, 2.05) is 13.8 Å². The molecule has 2 heterocycles. The van der Waals surface area contributed by atoms with Crippen LogP contribution in [0, 0.1) is 17.7 Å². The van der Waals surface area contributed by atoms with Crippen LogP contribution in [-0.2, 0) is 4.79 Å². The van der Waals surface area contributed by atoms with Gasteiger partial charge in [0.25, 0.3) is 5.91 Å². The standard InChI is InChI=1S/C20H23FN2O3/c1-13(2)10-22-19(24)17-12-23(20(25)18-7-4-8-26-18)11-16(17)14-5-3-6-15(21)9-14/h3-9,13,16-17H,10-12H2,1-2H3,(H,22,24). The minimum Gasteiger partial charge on any atom is -0.459 e. The van der Waals surface area contributed by atoms with Crippen molar-refractivity contribution in [3.8, 4) is 0 Å². The van der Waals surface area contributed by atoms with Crippen molar-refractivity contribution in [2.45, 2.75) is 19.8 Å². The average molecular weight is 358 g/mol. The zero-order chi connectivity index (χ0) is 18.7. The number of likely N-dealkylation sites (tertiary alicyclic amines) is 1. The number of furan rings is 1. The highest BCUT2D eigenvalue weighted by atomic mass is 19.1. The van der Waals surface area contributed by atoms with Gasteiger partial charge in [-0.1, -0.05) is 26.0 Å². The fraction of sp³-hybridized carbons (Fsp3) is 0.400. The number of benzene rings is 1. The Morgan fingerprint density at radius 3 is 2.73 bits per heavy atom. The fourth-order valence-corrected chi connectivity index (χ4v) is 3.30. The first-order valence-corrected chi connectivity index (χ1v) is 8.81. The summed E-state index contributed by atoms with van der Waals surface area (Å²) in [4.78, 5) is 26.9. The lowest BCUT2D eigenvalue weighted by molar-refractivity contribution is -0.125. The lowest BCUT2D eigenvalue weighted by Gasteiger charge is -2.19. The van der Waals surface area contributed by atoms with Gasteiger partial charge in [-0.2, -0.15) is 0 Å². The number of amides is 2. The maximum atomic E-state index is 13.7. The van der Waals surface area contributed by atoms with E-state index in [2.05, 4.69) is 5.32 Å². The third kappa shape index (κ3) is 3.95. The van der Waals surface area contributed by atoms with E-state index >= 15 is 0 Å². The summed E-state index contributed by atoms with van der Waals surface area (Å²) in [6, 6.07) is 9.50. The first-order chi connectivity index (χ1) is 12.5. The normalized spacial score (nSPS) is 19.8. The maximum Gasteiger partial charge on any atom is 0.289 e. The van der Waals surface area contributed by atoms with Crippen molar-refractivity contribution < 1.29 is 18.4 Å². The second-order valence-electron chi connectivity index (χ2n) is 7.09. The average Bonchev–Trinajstić information content (AvgIpc) is 3.28. The Hall–Kier alpha value is -2.63. The van der Waals surface area contributed by atoms with Gasteiger partial charge in [-0.25, -0.2) is 4.39 Å². The summed E-state index contributed by atoms with van der Waals surface area (Å²) in [5, 5.41) is 2.94. The number of carbonyl (C=O) groups is 2. The van der Waals surface area contributed by atoms with Crippen molar-refractivity contribution in [1.29, 1.82) is 0 Å². The minimum absolute atomic E-state index is 0.109. The van der Waals surface area contributed by atoms with Crippen LogP contribution in [0.2, 0.25) is 0 Å². The van der Waals surface area contributed by atoms with E-state index in [1.165, 1.54) is 18.4 Å². The molecular weight excluding hydrogens is 335 g/mol. The Balaban J connectivity index is 1.83. The largest absolute Gasteiger partial charge is 0.459 e. The molecule has 2 amide bonds. The molecular formula is C20H23FN2O3. The number of carbonyl (C=O) groups excluding carboxylic acids is 2. The van der Waals surface area contributed by atoms with Crippen molar-refractivity contribution >= 4 is 11.8 Å². The van der Waals surface area contributed by atoms with Crippen LogP contribution in [-0.4, -0.2) is 36.3 Å². The lowest BCUT2D eigenvalue weighted by atomic mass is 9.88. The van der Waals surface area contributed by atoms with Crippen LogP contribution in [0.3, 0.4) is 0 Å². The molecule has 6 heteroatoms. The third-order valence-electron chi connectivity index (χ3n) is 4.64. The van der Waals surface area contributed by atoms with Gasteiger partial charge in [0, 0.05) is 25.6 Å². The van der Waals surface area contributed by atoms with Gasteiger partial charge in [-0.05, 0) is 35.7 Å². The highest BCUT2D eigenvalue weighted by Crippen LogP contribution is 2.34. The van der Waals surface area contributed by atoms with Gasteiger partial charge in [0.1, 0.15) is 5.82 Å². The summed E-state index contributed by atoms with van der Waals surface area (Å²) in [6.45, 7) is 5.24. The van der Waals surface area contributed by atoms with Gasteiger partial charge in [-0.15, -0.1) is 0 Å². The molecule has 0 saturated carbocycles. The van der Waals surface area contributed by atoms with Crippen molar-refractivity contribution in [2.75, 3.05) is 19.6 Å². The number of hydrogen-bond donors (Lipinski definition) is 1. The zero-order valence-corrected chi connectivity index (χ0v) is 14.9. The van der Waals surface area contributed by atoms with Gasteiger partial charge in [0.2, 0.25) is 5.91 Å². The van der Waals surface area contributed by atoms with E-state index in [9.17, 15) is 14.0 Å². The van der Waals surface area contributed by atoms with Crippen molar-refractivity contribution in [3.05, 3.63) is 59.8 Å². The maximum absolute atomic E-state index is 13.7. The second-order valence-corrected chi connectivity index (χ2v) is 7.09. The molecule has 0 bridgehead atoms. The van der Waals surface area contributed by atoms with Gasteiger partial charge in [0.15, 0.2) is 5.76 Å². The van der Waals surface area contributed by atoms with Crippen molar-refractivity contribution in [3.63, 3.8) is 0 Å². The van der Waals surface area contributed by atoms with Crippen LogP contribution in [0.5, 0.6) is 0 Å². The van der Waals surface area contributed by atoms with Crippen LogP contribution in [0.15, 0.2) is 47.1 Å². The van der Waals surface area contributed by atoms with Crippen molar-refractivity contribution in [2.24, 2.45) is 11.8 Å². The molecule has 1 aromatic heterocycles. The molecule has 26 heavy (non-hydrogen) atoms. The Kier molecular flexibility index (Phi) is 5.40. The number of rotatable bonds is 5. The van der Waals surface area contributed by atoms with E-state index in [-0.39, 0.29) is 35.9 Å². The first-order valence-electron chi connectivity index (χ1n) is 8.81. The molecule has 2 atom stereocenters. The Morgan fingerprint density at radius 1 is 1.27 bits per heavy atom. The molecule has 1 aliphatic heterocycles. The minimum atomic E-state index is -0.422. The van der Waals surface area contributed by atoms with Crippen LogP contribution >= 0.6 is 0 Å². The number of hydrogen-bond acceptors (Lipinski definition) is 3. The van der Waals surface area contributed by atoms with Gasteiger partial charge >= 0.3 is 0 Å². The van der Waals surface area contributed by atoms with E-state index in [1.54, 1.807) is 29.2 Å². The summed E-state index contributed by atoms with van der Waals surface area (Å²) in [7, 11) is 0. The van der Waals surface area contributed by atoms with Crippen LogP contribution in [0.25, 0.3) is 0 Å². The molecule has 1 aliphatic rings. The molecule has 0 radical (unpaired) electrons. The van der Waals surface area contributed by atoms with Gasteiger partial charge in [-0.3, -0.25) is 9.59 Å². The molecule has 0 aliphatic carbocycles. The van der Waals surface area contributed by atoms with Crippen LogP contribution < -0.4 is 5.32 Å². The van der Waals surface area contributed by atoms with Gasteiger partial charge < -0.3 is 14.6 Å².